The van der Waals surface area contributed by atoms with Crippen molar-refractivity contribution in [1.29, 1.82) is 0 Å². The molecule has 19 heavy (non-hydrogen) atoms. The van der Waals surface area contributed by atoms with Crippen LogP contribution >= 0.6 is 0 Å². The van der Waals surface area contributed by atoms with Crippen LogP contribution in [0.4, 0.5) is 0 Å². The summed E-state index contributed by atoms with van der Waals surface area (Å²) >= 11 is 0. The van der Waals surface area contributed by atoms with E-state index in [2.05, 4.69) is 61.2 Å². The molecule has 0 aromatic heterocycles. The minimum Gasteiger partial charge on any atom is -0.0915 e. The van der Waals surface area contributed by atoms with Crippen molar-refractivity contribution in [3.63, 3.8) is 0 Å². The Morgan fingerprint density at radius 1 is 0.947 bits per heavy atom. The van der Waals surface area contributed by atoms with Gasteiger partial charge in [0.2, 0.25) is 0 Å². The molecular weight excluding hydrogens is 244 g/mol. The van der Waals surface area contributed by atoms with Gasteiger partial charge >= 0.3 is 0 Å². The maximum absolute atomic E-state index is 2.56. The first-order valence-corrected chi connectivity index (χ1v) is 10.5. The third-order valence-corrected chi connectivity index (χ3v) is 8.45. The van der Waals surface area contributed by atoms with Crippen LogP contribution in [-0.4, -0.2) is 8.07 Å². The third-order valence-electron chi connectivity index (χ3n) is 4.45. The molecule has 0 aliphatic carbocycles. The summed E-state index contributed by atoms with van der Waals surface area (Å²) in [4.78, 5) is 0. The van der Waals surface area contributed by atoms with Gasteiger partial charge in [0, 0.05) is 0 Å². The van der Waals surface area contributed by atoms with Gasteiger partial charge in [0.1, 0.15) is 0 Å². The minimum atomic E-state index is -0.905. The van der Waals surface area contributed by atoms with E-state index in [1.165, 1.54) is 47.3 Å². The summed E-state index contributed by atoms with van der Waals surface area (Å²) in [5.41, 5.74) is 1.50. The van der Waals surface area contributed by atoms with Gasteiger partial charge in [-0.25, -0.2) is 0 Å². The highest BCUT2D eigenvalue weighted by Crippen LogP contribution is 2.29. The summed E-state index contributed by atoms with van der Waals surface area (Å²) in [5, 5.41) is 2.73. The lowest BCUT2D eigenvalue weighted by molar-refractivity contribution is 0.899. The molecule has 0 N–H and O–H groups in total. The quantitative estimate of drug-likeness (QED) is 0.512. The maximum Gasteiger partial charge on any atom is 0.0579 e. The summed E-state index contributed by atoms with van der Waals surface area (Å²) in [6, 6.07) is 19.9. The molecule has 0 radical (unpaired) electrons. The first-order valence-electron chi connectivity index (χ1n) is 7.38. The molecule has 0 nitrogen and oxygen atoms in total. The van der Waals surface area contributed by atoms with E-state index in [-0.39, 0.29) is 0 Å². The molecule has 1 aliphatic rings. The van der Waals surface area contributed by atoms with Crippen molar-refractivity contribution in [2.45, 2.75) is 37.5 Å². The smallest absolute Gasteiger partial charge is 0.0579 e. The van der Waals surface area contributed by atoms with Crippen molar-refractivity contribution in [2.75, 3.05) is 0 Å². The van der Waals surface area contributed by atoms with Gasteiger partial charge in [-0.1, -0.05) is 73.6 Å². The molecule has 0 atom stereocenters. The second-order valence-electron chi connectivity index (χ2n) is 6.23. The van der Waals surface area contributed by atoms with Crippen LogP contribution in [0.2, 0.25) is 24.7 Å². The van der Waals surface area contributed by atoms with Crippen molar-refractivity contribution in [3.05, 3.63) is 60.2 Å². The van der Waals surface area contributed by atoms with Crippen LogP contribution in [0, 0.1) is 0 Å². The molecule has 3 rings (SSSR count). The Bertz CT molecular complexity index is 589. The van der Waals surface area contributed by atoms with Gasteiger partial charge in [-0.15, -0.1) is 0 Å². The minimum absolute atomic E-state index is 0.905. The van der Waals surface area contributed by atoms with E-state index in [1.807, 2.05) is 0 Å². The zero-order chi connectivity index (χ0) is 13.1. The summed E-state index contributed by atoms with van der Waals surface area (Å²) in [6.45, 7) is 2.56. The number of hydrogen-bond donors (Lipinski definition) is 0. The fraction of sp³-hybridized carbons (Fsp3) is 0.333. The highest BCUT2D eigenvalue weighted by molar-refractivity contribution is 6.80. The molecule has 2 aromatic rings. The van der Waals surface area contributed by atoms with E-state index in [9.17, 15) is 0 Å². The lowest BCUT2D eigenvalue weighted by Crippen LogP contribution is -2.25. The summed E-state index contributed by atoms with van der Waals surface area (Å²) in [5.74, 6) is 0. The van der Waals surface area contributed by atoms with Crippen molar-refractivity contribution in [3.8, 4) is 0 Å². The van der Waals surface area contributed by atoms with Crippen molar-refractivity contribution < 1.29 is 0 Å². The van der Waals surface area contributed by atoms with Crippen LogP contribution in [-0.2, 0) is 6.42 Å². The molecule has 2 aromatic carbocycles. The monoisotopic (exact) mass is 266 g/mol. The molecular formula is C18H22Si. The van der Waals surface area contributed by atoms with Crippen molar-refractivity contribution in [1.82, 2.24) is 0 Å². The maximum atomic E-state index is 2.56. The Balaban J connectivity index is 1.62. The van der Waals surface area contributed by atoms with E-state index in [0.29, 0.717) is 0 Å². The molecule has 0 amide bonds. The van der Waals surface area contributed by atoms with Crippen LogP contribution < -0.4 is 0 Å². The average molecular weight is 266 g/mol. The standard InChI is InChI=1S/C18H22Si/c1-19(12-4-5-13-19)14-6-7-16-10-11-17-8-2-3-9-18(17)15-16/h2-5,8-11,15H,6-7,12-14H2,1H3. The van der Waals surface area contributed by atoms with E-state index in [0.717, 1.165) is 0 Å². The molecule has 0 unspecified atom stereocenters. The van der Waals surface area contributed by atoms with Gasteiger partial charge in [-0.3, -0.25) is 0 Å². The fourth-order valence-corrected chi connectivity index (χ4v) is 6.21. The summed E-state index contributed by atoms with van der Waals surface area (Å²) in [7, 11) is -0.905. The molecule has 0 fully saturated rings. The van der Waals surface area contributed by atoms with Gasteiger partial charge < -0.3 is 0 Å². The number of aryl methyl sites for hydroxylation is 1. The number of benzene rings is 2. The summed E-state index contributed by atoms with van der Waals surface area (Å²) in [6.07, 6.45) is 7.42. The van der Waals surface area contributed by atoms with E-state index in [4.69, 9.17) is 0 Å². The molecule has 0 saturated heterocycles. The fourth-order valence-electron chi connectivity index (χ4n) is 3.14. The number of fused-ring (bicyclic) bond motifs is 1. The largest absolute Gasteiger partial charge is 0.0915 e. The second kappa shape index (κ2) is 5.34. The van der Waals surface area contributed by atoms with Gasteiger partial charge in [0.15, 0.2) is 0 Å². The Morgan fingerprint density at radius 2 is 1.68 bits per heavy atom. The molecule has 0 spiro atoms. The Labute approximate surface area is 117 Å². The molecule has 0 bridgehead atoms. The number of hydrogen-bond acceptors (Lipinski definition) is 0. The topological polar surface area (TPSA) is 0 Å². The van der Waals surface area contributed by atoms with E-state index in [1.54, 1.807) is 0 Å². The van der Waals surface area contributed by atoms with Crippen LogP contribution in [0.25, 0.3) is 10.8 Å². The van der Waals surface area contributed by atoms with Gasteiger partial charge in [-0.05, 0) is 34.8 Å². The molecule has 0 saturated carbocycles. The van der Waals surface area contributed by atoms with Crippen LogP contribution in [0.1, 0.15) is 12.0 Å². The van der Waals surface area contributed by atoms with Gasteiger partial charge in [0.25, 0.3) is 0 Å². The lowest BCUT2D eigenvalue weighted by atomic mass is 10.0. The highest BCUT2D eigenvalue weighted by atomic mass is 28.3. The first-order chi connectivity index (χ1) is 9.25. The average Bonchev–Trinajstić information content (AvgIpc) is 2.86. The predicted octanol–water partition coefficient (Wildman–Crippen LogP) is 5.42. The Hall–Kier alpha value is -1.34. The zero-order valence-electron chi connectivity index (χ0n) is 11.7. The molecule has 98 valence electrons. The third kappa shape index (κ3) is 2.98. The molecule has 1 heteroatoms. The highest BCUT2D eigenvalue weighted by Gasteiger charge is 2.26. The second-order valence-corrected chi connectivity index (χ2v) is 11.2. The van der Waals surface area contributed by atoms with Crippen LogP contribution in [0.15, 0.2) is 54.6 Å². The van der Waals surface area contributed by atoms with Gasteiger partial charge in [-0.2, -0.15) is 0 Å². The molecule has 1 heterocycles. The van der Waals surface area contributed by atoms with E-state index < -0.39 is 8.07 Å². The first kappa shape index (κ1) is 12.7. The Kier molecular flexibility index (Phi) is 3.56. The lowest BCUT2D eigenvalue weighted by Gasteiger charge is -2.20. The van der Waals surface area contributed by atoms with E-state index >= 15 is 0 Å². The Morgan fingerprint density at radius 3 is 2.47 bits per heavy atom. The van der Waals surface area contributed by atoms with Crippen molar-refractivity contribution in [2.24, 2.45) is 0 Å². The summed E-state index contributed by atoms with van der Waals surface area (Å²) < 4.78 is 0. The van der Waals surface area contributed by atoms with Crippen LogP contribution in [0.5, 0.6) is 0 Å². The SMILES string of the molecule is C[Si]1(CCCc2ccc3ccccc3c2)CC=CC1. The van der Waals surface area contributed by atoms with Crippen molar-refractivity contribution >= 4 is 18.8 Å². The van der Waals surface area contributed by atoms with Crippen LogP contribution in [0.3, 0.4) is 0 Å². The zero-order valence-corrected chi connectivity index (χ0v) is 12.7. The number of rotatable bonds is 4. The number of allylic oxidation sites excluding steroid dienone is 2. The molecule has 1 aliphatic heterocycles. The predicted molar refractivity (Wildman–Crippen MR) is 87.4 cm³/mol. The van der Waals surface area contributed by atoms with Gasteiger partial charge in [0.05, 0.1) is 8.07 Å². The normalized spacial score (nSPS) is 17.1.